The molecule has 88 valence electrons. The van der Waals surface area contributed by atoms with Gasteiger partial charge in [-0.2, -0.15) is 0 Å². The van der Waals surface area contributed by atoms with Crippen LogP contribution in [0.4, 0.5) is 0 Å². The lowest BCUT2D eigenvalue weighted by Gasteiger charge is -2.13. The number of hydrogen-bond acceptors (Lipinski definition) is 1. The molecule has 0 saturated heterocycles. The lowest BCUT2D eigenvalue weighted by Crippen LogP contribution is -2.02. The maximum atomic E-state index is 10.1. The summed E-state index contributed by atoms with van der Waals surface area (Å²) in [5.74, 6) is 0. The second kappa shape index (κ2) is 5.54. The van der Waals surface area contributed by atoms with E-state index in [1.165, 1.54) is 0 Å². The molecule has 17 heavy (non-hydrogen) atoms. The Morgan fingerprint density at radius 1 is 1.00 bits per heavy atom. The summed E-state index contributed by atoms with van der Waals surface area (Å²) in [6.45, 7) is 0. The van der Waals surface area contributed by atoms with Crippen molar-refractivity contribution in [3.8, 4) is 0 Å². The van der Waals surface area contributed by atoms with E-state index in [4.69, 9.17) is 23.2 Å². The van der Waals surface area contributed by atoms with Crippen LogP contribution < -0.4 is 0 Å². The first-order chi connectivity index (χ1) is 8.16. The van der Waals surface area contributed by atoms with Gasteiger partial charge in [0.15, 0.2) is 0 Å². The predicted molar refractivity (Wildman–Crippen MR) is 71.6 cm³/mol. The fourth-order valence-corrected chi connectivity index (χ4v) is 2.25. The molecule has 0 bridgehead atoms. The molecule has 1 N–H and O–H groups in total. The summed E-state index contributed by atoms with van der Waals surface area (Å²) in [5.41, 5.74) is 1.78. The van der Waals surface area contributed by atoms with Gasteiger partial charge in [0, 0.05) is 16.5 Å². The zero-order valence-electron chi connectivity index (χ0n) is 9.11. The molecule has 1 nitrogen and oxygen atoms in total. The van der Waals surface area contributed by atoms with Crippen molar-refractivity contribution in [3.05, 3.63) is 69.7 Å². The van der Waals surface area contributed by atoms with Gasteiger partial charge in [0.25, 0.3) is 0 Å². The van der Waals surface area contributed by atoms with Crippen LogP contribution >= 0.6 is 23.2 Å². The molecular formula is C14H12Cl2O. The third-order valence-electron chi connectivity index (χ3n) is 2.59. The molecule has 0 aromatic heterocycles. The molecule has 0 amide bonds. The Kier molecular flexibility index (Phi) is 4.06. The van der Waals surface area contributed by atoms with Crippen molar-refractivity contribution in [2.45, 2.75) is 12.5 Å². The first-order valence-corrected chi connectivity index (χ1v) is 6.09. The molecule has 2 aromatic carbocycles. The molecule has 0 saturated carbocycles. The average molecular weight is 267 g/mol. The van der Waals surface area contributed by atoms with Gasteiger partial charge in [0.2, 0.25) is 0 Å². The van der Waals surface area contributed by atoms with Crippen molar-refractivity contribution in [1.29, 1.82) is 0 Å². The van der Waals surface area contributed by atoms with Crippen molar-refractivity contribution in [2.24, 2.45) is 0 Å². The summed E-state index contributed by atoms with van der Waals surface area (Å²) < 4.78 is 0. The van der Waals surface area contributed by atoms with E-state index in [9.17, 15) is 5.11 Å². The largest absolute Gasteiger partial charge is 0.388 e. The Balaban J connectivity index is 2.17. The molecule has 3 heteroatoms. The molecule has 2 rings (SSSR count). The minimum atomic E-state index is -0.609. The van der Waals surface area contributed by atoms with E-state index in [0.717, 1.165) is 5.56 Å². The average Bonchev–Trinajstić information content (AvgIpc) is 2.30. The topological polar surface area (TPSA) is 20.2 Å². The predicted octanol–water partition coefficient (Wildman–Crippen LogP) is 4.27. The van der Waals surface area contributed by atoms with Gasteiger partial charge < -0.3 is 5.11 Å². The zero-order valence-corrected chi connectivity index (χ0v) is 10.6. The van der Waals surface area contributed by atoms with Gasteiger partial charge >= 0.3 is 0 Å². The molecular weight excluding hydrogens is 255 g/mol. The second-order valence-electron chi connectivity index (χ2n) is 3.87. The van der Waals surface area contributed by atoms with Crippen LogP contribution in [0.3, 0.4) is 0 Å². The van der Waals surface area contributed by atoms with Gasteiger partial charge in [-0.05, 0) is 23.3 Å². The van der Waals surface area contributed by atoms with E-state index in [0.29, 0.717) is 22.0 Å². The summed E-state index contributed by atoms with van der Waals surface area (Å²) in [5, 5.41) is 11.2. The Morgan fingerprint density at radius 3 is 2.35 bits per heavy atom. The summed E-state index contributed by atoms with van der Waals surface area (Å²) in [7, 11) is 0. The minimum Gasteiger partial charge on any atom is -0.388 e. The van der Waals surface area contributed by atoms with E-state index < -0.39 is 6.10 Å². The quantitative estimate of drug-likeness (QED) is 0.880. The summed E-state index contributed by atoms with van der Waals surface area (Å²) in [6.07, 6.45) is -0.0653. The fraction of sp³-hybridized carbons (Fsp3) is 0.143. The van der Waals surface area contributed by atoms with Gasteiger partial charge in [-0.1, -0.05) is 59.6 Å². The number of aliphatic hydroxyl groups excluding tert-OH is 1. The molecule has 1 unspecified atom stereocenters. The van der Waals surface area contributed by atoms with Crippen molar-refractivity contribution < 1.29 is 5.11 Å². The van der Waals surface area contributed by atoms with Crippen molar-refractivity contribution in [2.75, 3.05) is 0 Å². The van der Waals surface area contributed by atoms with Crippen LogP contribution in [0.15, 0.2) is 48.5 Å². The maximum absolute atomic E-state index is 10.1. The molecule has 1 atom stereocenters. The lowest BCUT2D eigenvalue weighted by atomic mass is 10.0. The third kappa shape index (κ3) is 3.22. The smallest absolute Gasteiger partial charge is 0.0844 e. The number of benzene rings is 2. The fourth-order valence-electron chi connectivity index (χ4n) is 1.72. The highest BCUT2D eigenvalue weighted by Gasteiger charge is 2.12. The molecule has 0 aliphatic carbocycles. The van der Waals surface area contributed by atoms with Crippen LogP contribution in [0, 0.1) is 0 Å². The normalized spacial score (nSPS) is 12.4. The molecule has 0 aliphatic heterocycles. The third-order valence-corrected chi connectivity index (χ3v) is 3.16. The summed E-state index contributed by atoms with van der Waals surface area (Å²) in [4.78, 5) is 0. The standard InChI is InChI=1S/C14H12Cl2O/c15-11-6-7-12(13(16)9-11)14(17)8-10-4-2-1-3-5-10/h1-7,9,14,17H,8H2. The maximum Gasteiger partial charge on any atom is 0.0844 e. The van der Waals surface area contributed by atoms with Crippen LogP contribution in [-0.2, 0) is 6.42 Å². The molecule has 0 heterocycles. The van der Waals surface area contributed by atoms with E-state index in [2.05, 4.69) is 0 Å². The highest BCUT2D eigenvalue weighted by atomic mass is 35.5. The summed E-state index contributed by atoms with van der Waals surface area (Å²) in [6, 6.07) is 14.9. The van der Waals surface area contributed by atoms with Crippen molar-refractivity contribution in [3.63, 3.8) is 0 Å². The Labute approximate surface area is 111 Å². The number of rotatable bonds is 3. The first kappa shape index (κ1) is 12.4. The Morgan fingerprint density at radius 2 is 1.71 bits per heavy atom. The highest BCUT2D eigenvalue weighted by Crippen LogP contribution is 2.28. The molecule has 0 aliphatic rings. The molecule has 0 fully saturated rings. The van der Waals surface area contributed by atoms with Crippen LogP contribution in [-0.4, -0.2) is 5.11 Å². The van der Waals surface area contributed by atoms with Crippen LogP contribution in [0.25, 0.3) is 0 Å². The monoisotopic (exact) mass is 266 g/mol. The number of hydrogen-bond donors (Lipinski definition) is 1. The van der Waals surface area contributed by atoms with E-state index >= 15 is 0 Å². The Hall–Kier alpha value is -1.02. The van der Waals surface area contributed by atoms with Crippen LogP contribution in [0.1, 0.15) is 17.2 Å². The van der Waals surface area contributed by atoms with Gasteiger partial charge in [-0.25, -0.2) is 0 Å². The van der Waals surface area contributed by atoms with Crippen molar-refractivity contribution in [1.82, 2.24) is 0 Å². The van der Waals surface area contributed by atoms with Gasteiger partial charge in [-0.3, -0.25) is 0 Å². The van der Waals surface area contributed by atoms with Crippen LogP contribution in [0.5, 0.6) is 0 Å². The van der Waals surface area contributed by atoms with Gasteiger partial charge in [0.05, 0.1) is 6.10 Å². The van der Waals surface area contributed by atoms with E-state index in [1.807, 2.05) is 30.3 Å². The van der Waals surface area contributed by atoms with E-state index in [1.54, 1.807) is 18.2 Å². The molecule has 0 spiro atoms. The minimum absolute atomic E-state index is 0.501. The van der Waals surface area contributed by atoms with Crippen LogP contribution in [0.2, 0.25) is 10.0 Å². The SMILES string of the molecule is OC(Cc1ccccc1)c1ccc(Cl)cc1Cl. The molecule has 0 radical (unpaired) electrons. The zero-order chi connectivity index (χ0) is 12.3. The number of halogens is 2. The summed E-state index contributed by atoms with van der Waals surface area (Å²) >= 11 is 11.9. The second-order valence-corrected chi connectivity index (χ2v) is 4.71. The van der Waals surface area contributed by atoms with Gasteiger partial charge in [0.1, 0.15) is 0 Å². The van der Waals surface area contributed by atoms with Gasteiger partial charge in [-0.15, -0.1) is 0 Å². The van der Waals surface area contributed by atoms with Crippen molar-refractivity contribution >= 4 is 23.2 Å². The van der Waals surface area contributed by atoms with E-state index in [-0.39, 0.29) is 0 Å². The lowest BCUT2D eigenvalue weighted by molar-refractivity contribution is 0.178. The first-order valence-electron chi connectivity index (χ1n) is 5.34. The molecule has 2 aromatic rings. The number of aliphatic hydroxyl groups is 1. The highest BCUT2D eigenvalue weighted by molar-refractivity contribution is 6.35. The Bertz CT molecular complexity index is 497.